The van der Waals surface area contributed by atoms with Gasteiger partial charge in [0.05, 0.1) is 24.8 Å². The molecular formula is C16H18ClNO4S. The van der Waals surface area contributed by atoms with Gasteiger partial charge in [0.25, 0.3) is 10.0 Å². The van der Waals surface area contributed by atoms with Gasteiger partial charge in [-0.3, -0.25) is 4.31 Å². The molecule has 0 bridgehead atoms. The second kappa shape index (κ2) is 7.10. The molecule has 7 heteroatoms. The van der Waals surface area contributed by atoms with Gasteiger partial charge in [-0.25, -0.2) is 8.42 Å². The van der Waals surface area contributed by atoms with Crippen LogP contribution in [0.5, 0.6) is 11.5 Å². The Morgan fingerprint density at radius 1 is 1.04 bits per heavy atom. The van der Waals surface area contributed by atoms with Gasteiger partial charge in [-0.1, -0.05) is 11.6 Å². The number of anilines is 1. The zero-order chi connectivity index (χ0) is 17.0. The number of nitrogens with zero attached hydrogens (tertiary/aromatic N) is 1. The minimum atomic E-state index is -3.74. The minimum Gasteiger partial charge on any atom is -0.497 e. The number of methoxy groups -OCH3 is 2. The average Bonchev–Trinajstić information content (AvgIpc) is 2.55. The summed E-state index contributed by atoms with van der Waals surface area (Å²) in [6.07, 6.45) is 0. The van der Waals surface area contributed by atoms with E-state index in [2.05, 4.69) is 0 Å². The van der Waals surface area contributed by atoms with Crippen LogP contribution in [0, 0.1) is 0 Å². The zero-order valence-corrected chi connectivity index (χ0v) is 14.7. The maximum Gasteiger partial charge on any atom is 0.264 e. The van der Waals surface area contributed by atoms with E-state index in [1.807, 2.05) is 0 Å². The van der Waals surface area contributed by atoms with E-state index in [1.165, 1.54) is 30.7 Å². The molecule has 0 spiro atoms. The van der Waals surface area contributed by atoms with Gasteiger partial charge < -0.3 is 9.47 Å². The molecule has 2 rings (SSSR count). The van der Waals surface area contributed by atoms with Crippen molar-refractivity contribution in [3.63, 3.8) is 0 Å². The van der Waals surface area contributed by atoms with E-state index in [0.29, 0.717) is 22.2 Å². The lowest BCUT2D eigenvalue weighted by molar-refractivity contribution is 0.414. The van der Waals surface area contributed by atoms with Gasteiger partial charge in [-0.2, -0.15) is 0 Å². The normalized spacial score (nSPS) is 11.1. The topological polar surface area (TPSA) is 55.8 Å². The molecule has 0 heterocycles. The third-order valence-electron chi connectivity index (χ3n) is 3.34. The predicted molar refractivity (Wildman–Crippen MR) is 91.2 cm³/mol. The molecule has 0 amide bonds. The molecule has 0 N–H and O–H groups in total. The van der Waals surface area contributed by atoms with Crippen LogP contribution in [0.25, 0.3) is 0 Å². The summed E-state index contributed by atoms with van der Waals surface area (Å²) in [5.74, 6) is 1.03. The first-order valence-electron chi connectivity index (χ1n) is 6.94. The highest BCUT2D eigenvalue weighted by molar-refractivity contribution is 7.92. The fraction of sp³-hybridized carbons (Fsp3) is 0.250. The van der Waals surface area contributed by atoms with Crippen LogP contribution < -0.4 is 13.8 Å². The quantitative estimate of drug-likeness (QED) is 0.794. The average molecular weight is 356 g/mol. The smallest absolute Gasteiger partial charge is 0.264 e. The number of hydrogen-bond donors (Lipinski definition) is 0. The summed E-state index contributed by atoms with van der Waals surface area (Å²) in [7, 11) is -0.726. The van der Waals surface area contributed by atoms with Gasteiger partial charge in [0, 0.05) is 11.6 Å². The van der Waals surface area contributed by atoms with Gasteiger partial charge in [0.15, 0.2) is 0 Å². The highest BCUT2D eigenvalue weighted by Crippen LogP contribution is 2.34. The van der Waals surface area contributed by atoms with E-state index in [1.54, 1.807) is 37.3 Å². The Balaban J connectivity index is 2.52. The Labute approximate surface area is 141 Å². The van der Waals surface area contributed by atoms with E-state index in [-0.39, 0.29) is 11.4 Å². The molecule has 0 saturated carbocycles. The van der Waals surface area contributed by atoms with E-state index in [0.717, 1.165) is 0 Å². The molecule has 0 atom stereocenters. The molecule has 0 aliphatic rings. The van der Waals surface area contributed by atoms with Crippen LogP contribution in [0.3, 0.4) is 0 Å². The summed E-state index contributed by atoms with van der Waals surface area (Å²) >= 11 is 6.02. The van der Waals surface area contributed by atoms with Crippen molar-refractivity contribution in [2.45, 2.75) is 11.8 Å². The van der Waals surface area contributed by atoms with Crippen LogP contribution in [-0.4, -0.2) is 29.2 Å². The maximum atomic E-state index is 12.9. The van der Waals surface area contributed by atoms with Crippen LogP contribution in [0.15, 0.2) is 47.4 Å². The molecule has 0 unspecified atom stereocenters. The van der Waals surface area contributed by atoms with Crippen LogP contribution in [0.1, 0.15) is 6.92 Å². The van der Waals surface area contributed by atoms with Crippen molar-refractivity contribution in [2.24, 2.45) is 0 Å². The lowest BCUT2D eigenvalue weighted by Gasteiger charge is -2.25. The summed E-state index contributed by atoms with van der Waals surface area (Å²) in [4.78, 5) is 0.169. The fourth-order valence-electron chi connectivity index (χ4n) is 2.20. The van der Waals surface area contributed by atoms with E-state index < -0.39 is 10.0 Å². The largest absolute Gasteiger partial charge is 0.497 e. The summed E-state index contributed by atoms with van der Waals surface area (Å²) < 4.78 is 37.4. The van der Waals surface area contributed by atoms with Crippen molar-refractivity contribution in [1.29, 1.82) is 0 Å². The van der Waals surface area contributed by atoms with Crippen LogP contribution in [-0.2, 0) is 10.0 Å². The second-order valence-corrected chi connectivity index (χ2v) is 6.96. The number of sulfonamides is 1. The first-order chi connectivity index (χ1) is 10.9. The Morgan fingerprint density at radius 2 is 1.70 bits per heavy atom. The van der Waals surface area contributed by atoms with E-state index in [9.17, 15) is 8.42 Å². The molecule has 0 aliphatic heterocycles. The Kier molecular flexibility index (Phi) is 5.38. The number of rotatable bonds is 6. The molecule has 0 fully saturated rings. The molecule has 0 saturated heterocycles. The third-order valence-corrected chi connectivity index (χ3v) is 5.48. The van der Waals surface area contributed by atoms with Crippen LogP contribution in [0.4, 0.5) is 5.69 Å². The van der Waals surface area contributed by atoms with Crippen molar-refractivity contribution >= 4 is 27.3 Å². The first-order valence-corrected chi connectivity index (χ1v) is 8.76. The first kappa shape index (κ1) is 17.4. The van der Waals surface area contributed by atoms with Gasteiger partial charge in [0.1, 0.15) is 11.5 Å². The van der Waals surface area contributed by atoms with Crippen molar-refractivity contribution in [1.82, 2.24) is 0 Å². The molecule has 0 aromatic heterocycles. The van der Waals surface area contributed by atoms with Crippen molar-refractivity contribution in [3.05, 3.63) is 47.5 Å². The Bertz CT molecular complexity index is 775. The molecule has 2 aromatic rings. The van der Waals surface area contributed by atoms with E-state index in [4.69, 9.17) is 21.1 Å². The third kappa shape index (κ3) is 3.54. The lowest BCUT2D eigenvalue weighted by atomic mass is 10.3. The molecule has 5 nitrogen and oxygen atoms in total. The summed E-state index contributed by atoms with van der Waals surface area (Å²) in [5.41, 5.74) is 0.401. The molecule has 0 aliphatic carbocycles. The Hall–Kier alpha value is -1.92. The van der Waals surface area contributed by atoms with Gasteiger partial charge >= 0.3 is 0 Å². The second-order valence-electron chi connectivity index (χ2n) is 4.66. The minimum absolute atomic E-state index is 0.169. The fourth-order valence-corrected chi connectivity index (χ4v) is 3.85. The summed E-state index contributed by atoms with van der Waals surface area (Å²) in [5, 5.41) is 0.434. The van der Waals surface area contributed by atoms with Gasteiger partial charge in [-0.15, -0.1) is 0 Å². The van der Waals surface area contributed by atoms with Crippen molar-refractivity contribution < 1.29 is 17.9 Å². The maximum absolute atomic E-state index is 12.9. The number of halogens is 1. The van der Waals surface area contributed by atoms with Crippen LogP contribution in [0.2, 0.25) is 5.02 Å². The predicted octanol–water partition coefficient (Wildman–Crippen LogP) is 3.57. The lowest BCUT2D eigenvalue weighted by Crippen LogP contribution is -2.31. The highest BCUT2D eigenvalue weighted by Gasteiger charge is 2.26. The van der Waals surface area contributed by atoms with Crippen molar-refractivity contribution in [2.75, 3.05) is 25.1 Å². The van der Waals surface area contributed by atoms with Crippen molar-refractivity contribution in [3.8, 4) is 11.5 Å². The molecule has 124 valence electrons. The number of ether oxygens (including phenoxy) is 2. The SMILES string of the molecule is CCN(c1cc(Cl)ccc1OC)S(=O)(=O)c1ccc(OC)cc1. The molecule has 23 heavy (non-hydrogen) atoms. The molecule has 2 aromatic carbocycles. The standard InChI is InChI=1S/C16H18ClNO4S/c1-4-18(15-11-12(17)5-10-16(15)22-3)23(19,20)14-8-6-13(21-2)7-9-14/h5-11H,4H2,1-3H3. The van der Waals surface area contributed by atoms with Gasteiger partial charge in [-0.05, 0) is 49.4 Å². The summed E-state index contributed by atoms with van der Waals surface area (Å²) in [6.45, 7) is 1.99. The van der Waals surface area contributed by atoms with Crippen LogP contribution >= 0.6 is 11.6 Å². The molecule has 0 radical (unpaired) electrons. The summed E-state index contributed by atoms with van der Waals surface area (Å²) in [6, 6.07) is 11.1. The highest BCUT2D eigenvalue weighted by atomic mass is 35.5. The monoisotopic (exact) mass is 355 g/mol. The number of benzene rings is 2. The zero-order valence-electron chi connectivity index (χ0n) is 13.1. The number of hydrogen-bond acceptors (Lipinski definition) is 4. The molecular weight excluding hydrogens is 338 g/mol. The van der Waals surface area contributed by atoms with Gasteiger partial charge in [0.2, 0.25) is 0 Å². The Morgan fingerprint density at radius 3 is 2.22 bits per heavy atom. The van der Waals surface area contributed by atoms with E-state index >= 15 is 0 Å².